The van der Waals surface area contributed by atoms with E-state index in [1.807, 2.05) is 44.4 Å². The van der Waals surface area contributed by atoms with Crippen LogP contribution in [-0.2, 0) is 6.54 Å². The van der Waals surface area contributed by atoms with Gasteiger partial charge in [-0.15, -0.1) is 0 Å². The van der Waals surface area contributed by atoms with E-state index in [0.717, 1.165) is 21.8 Å². The minimum atomic E-state index is -0.467. The monoisotopic (exact) mass is 364 g/mol. The van der Waals surface area contributed by atoms with E-state index in [0.29, 0.717) is 17.7 Å². The molecule has 7 heteroatoms. The fraction of sp³-hybridized carbons (Fsp3) is 0.250. The lowest BCUT2D eigenvalue weighted by Crippen LogP contribution is -2.29. The molecular formula is C20H20N4O3. The number of imide groups is 1. The van der Waals surface area contributed by atoms with Gasteiger partial charge in [-0.05, 0) is 33.2 Å². The van der Waals surface area contributed by atoms with Crippen molar-refractivity contribution in [2.45, 2.75) is 19.5 Å². The maximum atomic E-state index is 12.6. The van der Waals surface area contributed by atoms with Gasteiger partial charge in [0.25, 0.3) is 11.8 Å². The van der Waals surface area contributed by atoms with E-state index < -0.39 is 11.8 Å². The summed E-state index contributed by atoms with van der Waals surface area (Å²) in [5.74, 6) is -0.887. The lowest BCUT2D eigenvalue weighted by molar-refractivity contribution is 0.0880. The highest BCUT2D eigenvalue weighted by atomic mass is 16.4. The standard InChI is InChI=1S/C20H20N4O3/c1-11(23(2)3)10-24-14-7-5-4-6-13(14)17-15(24)8-12(9-21-27)16-18(17)20(26)22-19(16)25/h4-9,11,27H,10H2,1-3H3,(H,22,25,26)/b21-9-. The number of hydrogen-bond donors (Lipinski definition) is 2. The van der Waals surface area contributed by atoms with Crippen molar-refractivity contribution in [3.63, 3.8) is 0 Å². The quantitative estimate of drug-likeness (QED) is 0.322. The number of benzene rings is 2. The van der Waals surface area contributed by atoms with Crippen LogP contribution in [0.25, 0.3) is 21.8 Å². The predicted octanol–water partition coefficient (Wildman–Crippen LogP) is 2.44. The van der Waals surface area contributed by atoms with E-state index in [4.69, 9.17) is 5.21 Å². The first-order valence-electron chi connectivity index (χ1n) is 8.71. The summed E-state index contributed by atoms with van der Waals surface area (Å²) in [5.41, 5.74) is 2.86. The summed E-state index contributed by atoms with van der Waals surface area (Å²) < 4.78 is 2.15. The zero-order valence-corrected chi connectivity index (χ0v) is 15.4. The molecule has 0 bridgehead atoms. The van der Waals surface area contributed by atoms with Gasteiger partial charge in [-0.2, -0.15) is 0 Å². The average molecular weight is 364 g/mol. The van der Waals surface area contributed by atoms with Crippen LogP contribution in [-0.4, -0.2) is 52.8 Å². The molecule has 1 unspecified atom stereocenters. The first kappa shape index (κ1) is 17.2. The van der Waals surface area contributed by atoms with Crippen molar-refractivity contribution in [1.29, 1.82) is 0 Å². The maximum Gasteiger partial charge on any atom is 0.259 e. The van der Waals surface area contributed by atoms with Gasteiger partial charge < -0.3 is 14.7 Å². The van der Waals surface area contributed by atoms with Gasteiger partial charge in [-0.3, -0.25) is 14.9 Å². The van der Waals surface area contributed by atoms with Crippen LogP contribution in [0, 0.1) is 0 Å². The Balaban J connectivity index is 2.15. The van der Waals surface area contributed by atoms with Gasteiger partial charge in [0, 0.05) is 34.4 Å². The Morgan fingerprint density at radius 3 is 2.59 bits per heavy atom. The number of aromatic nitrogens is 1. The first-order valence-corrected chi connectivity index (χ1v) is 8.71. The molecule has 0 radical (unpaired) electrons. The molecule has 138 valence electrons. The fourth-order valence-electron chi connectivity index (χ4n) is 3.71. The Morgan fingerprint density at radius 2 is 1.89 bits per heavy atom. The summed E-state index contributed by atoms with van der Waals surface area (Å²) in [5, 5.41) is 16.2. The molecular weight excluding hydrogens is 344 g/mol. The third-order valence-corrected chi connectivity index (χ3v) is 5.30. The van der Waals surface area contributed by atoms with Gasteiger partial charge in [0.15, 0.2) is 0 Å². The van der Waals surface area contributed by atoms with Crippen LogP contribution >= 0.6 is 0 Å². The second kappa shape index (κ2) is 6.21. The Hall–Kier alpha value is -3.19. The third-order valence-electron chi connectivity index (χ3n) is 5.30. The van der Waals surface area contributed by atoms with Crippen LogP contribution in [0.2, 0.25) is 0 Å². The van der Waals surface area contributed by atoms with Crippen molar-refractivity contribution in [2.24, 2.45) is 5.16 Å². The highest BCUT2D eigenvalue weighted by Gasteiger charge is 2.33. The second-order valence-electron chi connectivity index (χ2n) is 7.08. The molecule has 3 aromatic rings. The first-order chi connectivity index (χ1) is 12.9. The summed E-state index contributed by atoms with van der Waals surface area (Å²) in [6.07, 6.45) is 1.20. The molecule has 1 aliphatic heterocycles. The van der Waals surface area contributed by atoms with Crippen molar-refractivity contribution in [2.75, 3.05) is 14.1 Å². The van der Waals surface area contributed by atoms with Gasteiger partial charge >= 0.3 is 0 Å². The van der Waals surface area contributed by atoms with Crippen molar-refractivity contribution < 1.29 is 14.8 Å². The number of likely N-dealkylation sites (N-methyl/N-ethyl adjacent to an activating group) is 1. The molecule has 4 rings (SSSR count). The van der Waals surface area contributed by atoms with Crippen molar-refractivity contribution in [3.05, 3.63) is 47.0 Å². The highest BCUT2D eigenvalue weighted by Crippen LogP contribution is 2.36. The summed E-state index contributed by atoms with van der Waals surface area (Å²) in [4.78, 5) is 27.0. The molecule has 2 heterocycles. The molecule has 1 atom stereocenters. The van der Waals surface area contributed by atoms with Gasteiger partial charge in [-0.25, -0.2) is 0 Å². The average Bonchev–Trinajstić information content (AvgIpc) is 3.10. The van der Waals surface area contributed by atoms with Crippen molar-refractivity contribution in [1.82, 2.24) is 14.8 Å². The van der Waals surface area contributed by atoms with E-state index in [2.05, 4.69) is 26.9 Å². The molecule has 7 nitrogen and oxygen atoms in total. The number of carbonyl (C=O) groups is 2. The molecule has 1 aliphatic rings. The topological polar surface area (TPSA) is 86.9 Å². The second-order valence-corrected chi connectivity index (χ2v) is 7.08. The number of oxime groups is 1. The number of nitrogens with zero attached hydrogens (tertiary/aromatic N) is 3. The minimum Gasteiger partial charge on any atom is -0.411 e. The largest absolute Gasteiger partial charge is 0.411 e. The van der Waals surface area contributed by atoms with Gasteiger partial charge in [-0.1, -0.05) is 23.4 Å². The Labute approximate surface area is 155 Å². The lowest BCUT2D eigenvalue weighted by atomic mass is 9.97. The van der Waals surface area contributed by atoms with Crippen LogP contribution < -0.4 is 5.32 Å². The SMILES string of the molecule is CC(Cn1c2ccccc2c2c3c(c(/C=N\O)cc21)C(=O)NC3=O)N(C)C. The summed E-state index contributed by atoms with van der Waals surface area (Å²) in [6, 6.07) is 9.92. The molecule has 27 heavy (non-hydrogen) atoms. The minimum absolute atomic E-state index is 0.252. The van der Waals surface area contributed by atoms with E-state index in [9.17, 15) is 9.59 Å². The number of fused-ring (bicyclic) bond motifs is 5. The number of carbonyl (C=O) groups excluding carboxylic acids is 2. The smallest absolute Gasteiger partial charge is 0.259 e. The number of nitrogens with one attached hydrogen (secondary N) is 1. The summed E-state index contributed by atoms with van der Waals surface area (Å²) in [7, 11) is 4.04. The summed E-state index contributed by atoms with van der Waals surface area (Å²) >= 11 is 0. The Bertz CT molecular complexity index is 1130. The van der Waals surface area contributed by atoms with Gasteiger partial charge in [0.1, 0.15) is 0 Å². The Morgan fingerprint density at radius 1 is 1.19 bits per heavy atom. The molecule has 2 N–H and O–H groups in total. The van der Waals surface area contributed by atoms with E-state index >= 15 is 0 Å². The van der Waals surface area contributed by atoms with Crippen LogP contribution in [0.5, 0.6) is 0 Å². The number of para-hydroxylation sites is 1. The van der Waals surface area contributed by atoms with Crippen molar-refractivity contribution in [3.8, 4) is 0 Å². The molecule has 0 saturated carbocycles. The van der Waals surface area contributed by atoms with E-state index in [-0.39, 0.29) is 11.6 Å². The van der Waals surface area contributed by atoms with E-state index in [1.165, 1.54) is 6.21 Å². The molecule has 2 aromatic carbocycles. The number of amides is 2. The number of hydrogen-bond acceptors (Lipinski definition) is 5. The Kier molecular flexibility index (Phi) is 3.96. The van der Waals surface area contributed by atoms with Gasteiger partial charge in [0.2, 0.25) is 0 Å². The molecule has 0 aliphatic carbocycles. The van der Waals surface area contributed by atoms with Crippen LogP contribution in [0.3, 0.4) is 0 Å². The van der Waals surface area contributed by atoms with E-state index in [1.54, 1.807) is 0 Å². The molecule has 0 spiro atoms. The van der Waals surface area contributed by atoms with Crippen molar-refractivity contribution >= 4 is 39.8 Å². The third kappa shape index (κ3) is 2.50. The zero-order valence-electron chi connectivity index (χ0n) is 15.4. The molecule has 0 saturated heterocycles. The lowest BCUT2D eigenvalue weighted by Gasteiger charge is -2.21. The normalized spacial score (nSPS) is 15.3. The zero-order chi connectivity index (χ0) is 19.3. The molecule has 1 aromatic heterocycles. The van der Waals surface area contributed by atoms with Crippen LogP contribution in [0.4, 0.5) is 0 Å². The maximum absolute atomic E-state index is 12.6. The molecule has 2 amide bonds. The predicted molar refractivity (Wildman–Crippen MR) is 104 cm³/mol. The van der Waals surface area contributed by atoms with Crippen LogP contribution in [0.1, 0.15) is 33.2 Å². The highest BCUT2D eigenvalue weighted by molar-refractivity contribution is 6.32. The fourth-order valence-corrected chi connectivity index (χ4v) is 3.71. The summed E-state index contributed by atoms with van der Waals surface area (Å²) in [6.45, 7) is 2.83. The van der Waals surface area contributed by atoms with Crippen LogP contribution in [0.15, 0.2) is 35.5 Å². The molecule has 0 fully saturated rings. The number of rotatable bonds is 4. The van der Waals surface area contributed by atoms with Gasteiger partial charge in [0.05, 0.1) is 22.9 Å².